The maximum Gasteiger partial charge on any atom is 0.275 e. The average molecular weight is 508 g/mol. The smallest absolute Gasteiger partial charge is 0.275 e. The topological polar surface area (TPSA) is 68.8 Å². The molecule has 1 N–H and O–H groups in total. The standard InChI is InChI=1S/C26H39F2N5O2.CH4/c1-17(2)10-26(27,28)19-9-21-24(30-11-19)25(4,5)16-33(21)23(35)15-32-13-18(3)29-12-20(32)14-31-8-6-7-22(31)34;/h9,11,17-18,20,29H,6-8,10,12-16H2,1-5H3;1H4/t18-,20-;/m1./s1. The largest absolute Gasteiger partial charge is 0.341 e. The van der Waals surface area contributed by atoms with Crippen LogP contribution in [0, 0.1) is 5.92 Å². The van der Waals surface area contributed by atoms with E-state index in [0.717, 1.165) is 13.0 Å². The van der Waals surface area contributed by atoms with Gasteiger partial charge in [0.05, 0.1) is 17.9 Å². The van der Waals surface area contributed by atoms with E-state index in [0.29, 0.717) is 44.0 Å². The van der Waals surface area contributed by atoms with E-state index in [-0.39, 0.29) is 55.8 Å². The number of anilines is 1. The number of carbonyl (C=O) groups is 2. The van der Waals surface area contributed by atoms with Crippen molar-refractivity contribution in [1.82, 2.24) is 20.1 Å². The number of alkyl halides is 2. The third-order valence-corrected chi connectivity index (χ3v) is 7.41. The number of piperazine rings is 1. The molecular weight excluding hydrogens is 464 g/mol. The summed E-state index contributed by atoms with van der Waals surface area (Å²) >= 11 is 0. The van der Waals surface area contributed by atoms with Crippen LogP contribution in [-0.4, -0.2) is 78.0 Å². The molecule has 0 aromatic carbocycles. The Balaban J connectivity index is 0.00000361. The quantitative estimate of drug-likeness (QED) is 0.609. The van der Waals surface area contributed by atoms with E-state index in [1.165, 1.54) is 12.3 Å². The van der Waals surface area contributed by atoms with E-state index in [2.05, 4.69) is 22.1 Å². The van der Waals surface area contributed by atoms with Crippen LogP contribution < -0.4 is 10.2 Å². The van der Waals surface area contributed by atoms with Crippen molar-refractivity contribution in [1.29, 1.82) is 0 Å². The first-order valence-corrected chi connectivity index (χ1v) is 12.8. The molecule has 4 rings (SSSR count). The second kappa shape index (κ2) is 10.7. The number of likely N-dealkylation sites (tertiary alicyclic amines) is 1. The zero-order chi connectivity index (χ0) is 25.5. The minimum atomic E-state index is -3.00. The zero-order valence-corrected chi connectivity index (χ0v) is 21.6. The maximum absolute atomic E-state index is 14.9. The molecule has 7 nitrogen and oxygen atoms in total. The van der Waals surface area contributed by atoms with Gasteiger partial charge in [0, 0.05) is 74.8 Å². The predicted octanol–water partition coefficient (Wildman–Crippen LogP) is 3.76. The van der Waals surface area contributed by atoms with E-state index < -0.39 is 11.3 Å². The fourth-order valence-corrected chi connectivity index (χ4v) is 5.60. The average Bonchev–Trinajstić information content (AvgIpc) is 3.28. The number of hydrogen-bond acceptors (Lipinski definition) is 5. The third kappa shape index (κ3) is 5.88. The van der Waals surface area contributed by atoms with Crippen LogP contribution in [-0.2, 0) is 20.9 Å². The summed E-state index contributed by atoms with van der Waals surface area (Å²) in [6.07, 6.45) is 2.48. The molecular formula is C27H43F2N5O2. The summed E-state index contributed by atoms with van der Waals surface area (Å²) in [5.74, 6) is -3.11. The number of nitrogens with one attached hydrogen (secondary N) is 1. The van der Waals surface area contributed by atoms with E-state index in [1.54, 1.807) is 18.7 Å². The Morgan fingerprint density at radius 3 is 2.69 bits per heavy atom. The molecule has 0 spiro atoms. The number of rotatable bonds is 7. The molecule has 0 bridgehead atoms. The molecule has 0 aliphatic carbocycles. The highest BCUT2D eigenvalue weighted by atomic mass is 19.3. The lowest BCUT2D eigenvalue weighted by Crippen LogP contribution is -2.60. The molecule has 3 aliphatic rings. The third-order valence-electron chi connectivity index (χ3n) is 7.41. The number of carbonyl (C=O) groups excluding carboxylic acids is 2. The van der Waals surface area contributed by atoms with E-state index >= 15 is 0 Å². The molecule has 36 heavy (non-hydrogen) atoms. The highest BCUT2D eigenvalue weighted by molar-refractivity contribution is 5.97. The summed E-state index contributed by atoms with van der Waals surface area (Å²) in [7, 11) is 0. The molecule has 1 aromatic heterocycles. The van der Waals surface area contributed by atoms with Crippen molar-refractivity contribution in [2.45, 2.75) is 84.7 Å². The summed E-state index contributed by atoms with van der Waals surface area (Å²) in [5, 5.41) is 3.46. The first-order chi connectivity index (χ1) is 16.4. The summed E-state index contributed by atoms with van der Waals surface area (Å²) < 4.78 is 29.8. The first-order valence-electron chi connectivity index (χ1n) is 12.8. The lowest BCUT2D eigenvalue weighted by molar-refractivity contribution is -0.128. The second-order valence-electron chi connectivity index (χ2n) is 11.6. The van der Waals surface area contributed by atoms with Gasteiger partial charge in [0.1, 0.15) is 0 Å². The van der Waals surface area contributed by atoms with Crippen molar-refractivity contribution in [3.63, 3.8) is 0 Å². The Morgan fingerprint density at radius 2 is 2.06 bits per heavy atom. The molecule has 4 heterocycles. The fourth-order valence-electron chi connectivity index (χ4n) is 5.60. The Bertz CT molecular complexity index is 967. The van der Waals surface area contributed by atoms with Crippen molar-refractivity contribution >= 4 is 17.5 Å². The molecule has 2 saturated heterocycles. The summed E-state index contributed by atoms with van der Waals surface area (Å²) in [6.45, 7) is 12.9. The van der Waals surface area contributed by atoms with Crippen LogP contribution in [0.25, 0.3) is 0 Å². The maximum atomic E-state index is 14.9. The van der Waals surface area contributed by atoms with Gasteiger partial charge in [0.15, 0.2) is 0 Å². The lowest BCUT2D eigenvalue weighted by atomic mass is 9.90. The molecule has 0 radical (unpaired) electrons. The van der Waals surface area contributed by atoms with Crippen molar-refractivity contribution < 1.29 is 18.4 Å². The van der Waals surface area contributed by atoms with E-state index in [1.807, 2.05) is 18.7 Å². The van der Waals surface area contributed by atoms with Gasteiger partial charge in [0.2, 0.25) is 11.8 Å². The normalized spacial score (nSPS) is 24.3. The molecule has 2 fully saturated rings. The number of nitrogens with zero attached hydrogens (tertiary/aromatic N) is 4. The van der Waals surface area contributed by atoms with Gasteiger partial charge < -0.3 is 15.1 Å². The van der Waals surface area contributed by atoms with Gasteiger partial charge >= 0.3 is 0 Å². The van der Waals surface area contributed by atoms with Gasteiger partial charge in [-0.1, -0.05) is 35.1 Å². The Kier molecular flexibility index (Phi) is 8.45. The summed E-state index contributed by atoms with van der Waals surface area (Å²) in [5.41, 5.74) is 0.620. The van der Waals surface area contributed by atoms with Crippen molar-refractivity contribution in [2.24, 2.45) is 5.92 Å². The number of aromatic nitrogens is 1. The van der Waals surface area contributed by atoms with Gasteiger partial charge in [-0.05, 0) is 25.3 Å². The molecule has 3 aliphatic heterocycles. The summed E-state index contributed by atoms with van der Waals surface area (Å²) in [6, 6.07) is 1.73. The molecule has 0 saturated carbocycles. The number of halogens is 2. The van der Waals surface area contributed by atoms with Crippen LogP contribution in [0.4, 0.5) is 14.5 Å². The Labute approximate surface area is 214 Å². The highest BCUT2D eigenvalue weighted by Crippen LogP contribution is 2.43. The van der Waals surface area contributed by atoms with E-state index in [4.69, 9.17) is 0 Å². The van der Waals surface area contributed by atoms with Gasteiger partial charge in [0.25, 0.3) is 5.92 Å². The van der Waals surface area contributed by atoms with Gasteiger partial charge in [-0.25, -0.2) is 8.78 Å². The van der Waals surface area contributed by atoms with Crippen LogP contribution in [0.3, 0.4) is 0 Å². The first kappa shape index (κ1) is 28.4. The SMILES string of the molecule is C.CC(C)CC(F)(F)c1cnc2c(c1)N(C(=O)CN1C[C@@H](C)NC[C@@H]1CN1CCCC1=O)CC2(C)C. The second-order valence-corrected chi connectivity index (χ2v) is 11.6. The zero-order valence-electron chi connectivity index (χ0n) is 21.6. The molecule has 2 atom stereocenters. The van der Waals surface area contributed by atoms with Crippen LogP contribution in [0.5, 0.6) is 0 Å². The van der Waals surface area contributed by atoms with Crippen LogP contribution in [0.15, 0.2) is 12.3 Å². The Hall–Kier alpha value is -2.13. The number of amides is 2. The van der Waals surface area contributed by atoms with Crippen molar-refractivity contribution in [3.05, 3.63) is 23.5 Å². The molecule has 1 aromatic rings. The minimum absolute atomic E-state index is 0. The van der Waals surface area contributed by atoms with Crippen molar-refractivity contribution in [3.8, 4) is 0 Å². The molecule has 2 amide bonds. The highest BCUT2D eigenvalue weighted by Gasteiger charge is 2.43. The summed E-state index contributed by atoms with van der Waals surface area (Å²) in [4.78, 5) is 35.9. The van der Waals surface area contributed by atoms with E-state index in [9.17, 15) is 18.4 Å². The number of pyridine rings is 1. The molecule has 9 heteroatoms. The van der Waals surface area contributed by atoms with Crippen molar-refractivity contribution in [2.75, 3.05) is 44.2 Å². The fraction of sp³-hybridized carbons (Fsp3) is 0.741. The van der Waals surface area contributed by atoms with Gasteiger partial charge in [-0.2, -0.15) is 0 Å². The van der Waals surface area contributed by atoms with Crippen LogP contribution in [0.1, 0.15) is 72.6 Å². The van der Waals surface area contributed by atoms with Gasteiger partial charge in [-0.15, -0.1) is 0 Å². The number of fused-ring (bicyclic) bond motifs is 1. The van der Waals surface area contributed by atoms with Gasteiger partial charge in [-0.3, -0.25) is 19.5 Å². The minimum Gasteiger partial charge on any atom is -0.341 e. The predicted molar refractivity (Wildman–Crippen MR) is 138 cm³/mol. The lowest BCUT2D eigenvalue weighted by Gasteiger charge is -2.41. The van der Waals surface area contributed by atoms with Crippen LogP contribution in [0.2, 0.25) is 0 Å². The van der Waals surface area contributed by atoms with Crippen LogP contribution >= 0.6 is 0 Å². The number of hydrogen-bond donors (Lipinski definition) is 1. The monoisotopic (exact) mass is 507 g/mol. The molecule has 202 valence electrons. The molecule has 0 unspecified atom stereocenters. The Morgan fingerprint density at radius 1 is 1.33 bits per heavy atom.